The number of alkyl halides is 1. The van der Waals surface area contributed by atoms with E-state index in [0.717, 1.165) is 38.0 Å². The van der Waals surface area contributed by atoms with Gasteiger partial charge in [-0.3, -0.25) is 0 Å². The normalized spacial score (nSPS) is 17.0. The van der Waals surface area contributed by atoms with E-state index in [1.54, 1.807) is 0 Å². The highest BCUT2D eigenvalue weighted by Gasteiger charge is 2.23. The van der Waals surface area contributed by atoms with Gasteiger partial charge in [0, 0.05) is 31.7 Å². The minimum absolute atomic E-state index is 0.786. The lowest BCUT2D eigenvalue weighted by atomic mass is 9.91. The monoisotopic (exact) mass is 233 g/mol. The summed E-state index contributed by atoms with van der Waals surface area (Å²) < 4.78 is 5.37. The summed E-state index contributed by atoms with van der Waals surface area (Å²) in [6, 6.07) is 0.842. The molecule has 0 heterocycles. The van der Waals surface area contributed by atoms with Crippen molar-refractivity contribution in [2.24, 2.45) is 0 Å². The van der Waals surface area contributed by atoms with E-state index in [4.69, 9.17) is 16.3 Å². The van der Waals surface area contributed by atoms with Crippen LogP contribution in [0.2, 0.25) is 0 Å². The number of ether oxygens (including phenoxy) is 1. The highest BCUT2D eigenvalue weighted by molar-refractivity contribution is 6.17. The Hall–Kier alpha value is 0.210. The first kappa shape index (κ1) is 13.3. The van der Waals surface area contributed by atoms with Crippen LogP contribution in [0.15, 0.2) is 0 Å². The summed E-state index contributed by atoms with van der Waals surface area (Å²) in [5, 5.41) is 0. The van der Waals surface area contributed by atoms with E-state index in [2.05, 4.69) is 11.8 Å². The van der Waals surface area contributed by atoms with E-state index < -0.39 is 0 Å². The lowest BCUT2D eigenvalue weighted by Crippen LogP contribution is -2.41. The molecule has 0 aromatic rings. The number of halogens is 1. The maximum absolute atomic E-state index is 5.74. The fourth-order valence-corrected chi connectivity index (χ4v) is 2.13. The van der Waals surface area contributed by atoms with Crippen LogP contribution in [0.25, 0.3) is 0 Å². The van der Waals surface area contributed by atoms with Crippen molar-refractivity contribution in [3.63, 3.8) is 0 Å². The van der Waals surface area contributed by atoms with E-state index in [9.17, 15) is 0 Å². The van der Waals surface area contributed by atoms with Gasteiger partial charge in [0.1, 0.15) is 0 Å². The molecule has 1 rings (SSSR count). The zero-order valence-corrected chi connectivity index (χ0v) is 10.6. The molecule has 0 aromatic carbocycles. The van der Waals surface area contributed by atoms with Crippen molar-refractivity contribution in [2.45, 2.75) is 45.1 Å². The predicted octanol–water partition coefficient (Wildman–Crippen LogP) is 2.90. The maximum Gasteiger partial charge on any atom is 0.0478 e. The van der Waals surface area contributed by atoms with Gasteiger partial charge in [-0.15, -0.1) is 11.6 Å². The molecule has 1 fully saturated rings. The van der Waals surface area contributed by atoms with E-state index in [1.807, 2.05) is 0 Å². The molecule has 1 saturated carbocycles. The Morgan fingerprint density at radius 2 is 2.00 bits per heavy atom. The lowest BCUT2D eigenvalue weighted by Gasteiger charge is -2.37. The van der Waals surface area contributed by atoms with Crippen LogP contribution in [0, 0.1) is 0 Å². The summed E-state index contributed by atoms with van der Waals surface area (Å²) >= 11 is 5.74. The molecule has 90 valence electrons. The summed E-state index contributed by atoms with van der Waals surface area (Å²) in [6.45, 7) is 6.14. The quantitative estimate of drug-likeness (QED) is 0.449. The van der Waals surface area contributed by atoms with Gasteiger partial charge in [0.25, 0.3) is 0 Å². The van der Waals surface area contributed by atoms with Gasteiger partial charge in [0.05, 0.1) is 0 Å². The van der Waals surface area contributed by atoms with Gasteiger partial charge in [-0.1, -0.05) is 6.42 Å². The lowest BCUT2D eigenvalue weighted by molar-refractivity contribution is 0.0960. The van der Waals surface area contributed by atoms with Crippen LogP contribution in [-0.2, 0) is 4.74 Å². The average Bonchev–Trinajstić information content (AvgIpc) is 2.17. The van der Waals surface area contributed by atoms with Gasteiger partial charge >= 0.3 is 0 Å². The molecule has 0 bridgehead atoms. The Kier molecular flexibility index (Phi) is 7.41. The van der Waals surface area contributed by atoms with Crippen LogP contribution in [0.3, 0.4) is 0 Å². The second-order valence-electron chi connectivity index (χ2n) is 4.21. The largest absolute Gasteiger partial charge is 0.382 e. The molecular formula is C12H24ClNO. The van der Waals surface area contributed by atoms with Gasteiger partial charge < -0.3 is 9.64 Å². The zero-order chi connectivity index (χ0) is 10.9. The van der Waals surface area contributed by atoms with Gasteiger partial charge in [-0.05, 0) is 39.2 Å². The Balaban J connectivity index is 2.10. The molecule has 0 aromatic heterocycles. The third-order valence-electron chi connectivity index (χ3n) is 3.11. The zero-order valence-electron chi connectivity index (χ0n) is 9.88. The van der Waals surface area contributed by atoms with E-state index in [-0.39, 0.29) is 0 Å². The maximum atomic E-state index is 5.74. The van der Waals surface area contributed by atoms with Crippen molar-refractivity contribution in [1.82, 2.24) is 4.90 Å². The first-order valence-electron chi connectivity index (χ1n) is 6.26. The summed E-state index contributed by atoms with van der Waals surface area (Å²) in [7, 11) is 0. The van der Waals surface area contributed by atoms with Crippen molar-refractivity contribution in [3.05, 3.63) is 0 Å². The molecule has 15 heavy (non-hydrogen) atoms. The molecule has 0 atom stereocenters. The van der Waals surface area contributed by atoms with Gasteiger partial charge in [-0.25, -0.2) is 0 Å². The Morgan fingerprint density at radius 3 is 2.53 bits per heavy atom. The topological polar surface area (TPSA) is 12.5 Å². The molecule has 1 aliphatic rings. The SMILES string of the molecule is CCOCCCN(CCCCl)C1CCC1. The first-order valence-corrected chi connectivity index (χ1v) is 6.79. The van der Waals surface area contributed by atoms with Crippen LogP contribution in [-0.4, -0.2) is 43.1 Å². The van der Waals surface area contributed by atoms with Gasteiger partial charge in [-0.2, -0.15) is 0 Å². The Morgan fingerprint density at radius 1 is 1.27 bits per heavy atom. The highest BCUT2D eigenvalue weighted by Crippen LogP contribution is 2.24. The fraction of sp³-hybridized carbons (Fsp3) is 1.00. The van der Waals surface area contributed by atoms with Crippen molar-refractivity contribution in [3.8, 4) is 0 Å². The second kappa shape index (κ2) is 8.37. The minimum Gasteiger partial charge on any atom is -0.382 e. The minimum atomic E-state index is 0.786. The van der Waals surface area contributed by atoms with Crippen molar-refractivity contribution in [1.29, 1.82) is 0 Å². The molecule has 0 spiro atoms. The van der Waals surface area contributed by atoms with Crippen LogP contribution in [0.5, 0.6) is 0 Å². The third-order valence-corrected chi connectivity index (χ3v) is 3.38. The van der Waals surface area contributed by atoms with Crippen LogP contribution < -0.4 is 0 Å². The highest BCUT2D eigenvalue weighted by atomic mass is 35.5. The third kappa shape index (κ3) is 5.19. The summed E-state index contributed by atoms with van der Waals surface area (Å²) in [6.07, 6.45) is 6.46. The standard InChI is InChI=1S/C12H24ClNO/c1-2-15-11-5-10-14(9-4-8-13)12-6-3-7-12/h12H,2-11H2,1H3. The van der Waals surface area contributed by atoms with Crippen molar-refractivity contribution < 1.29 is 4.74 Å². The predicted molar refractivity (Wildman–Crippen MR) is 65.7 cm³/mol. The summed E-state index contributed by atoms with van der Waals surface area (Å²) in [5.74, 6) is 0.786. The molecule has 1 aliphatic carbocycles. The van der Waals surface area contributed by atoms with Crippen LogP contribution in [0.4, 0.5) is 0 Å². The molecule has 0 radical (unpaired) electrons. The summed E-state index contributed by atoms with van der Waals surface area (Å²) in [5.41, 5.74) is 0. The van der Waals surface area contributed by atoms with E-state index in [0.29, 0.717) is 0 Å². The van der Waals surface area contributed by atoms with Crippen LogP contribution in [0.1, 0.15) is 39.0 Å². The van der Waals surface area contributed by atoms with E-state index >= 15 is 0 Å². The van der Waals surface area contributed by atoms with Crippen molar-refractivity contribution >= 4 is 11.6 Å². The van der Waals surface area contributed by atoms with Crippen molar-refractivity contribution in [2.75, 3.05) is 32.2 Å². The Labute approximate surface area is 98.9 Å². The molecule has 0 N–H and O–H groups in total. The molecule has 3 heteroatoms. The molecule has 2 nitrogen and oxygen atoms in total. The first-order chi connectivity index (χ1) is 7.38. The second-order valence-corrected chi connectivity index (χ2v) is 4.59. The molecule has 0 aliphatic heterocycles. The van der Waals surface area contributed by atoms with Gasteiger partial charge in [0.15, 0.2) is 0 Å². The van der Waals surface area contributed by atoms with E-state index in [1.165, 1.54) is 32.4 Å². The molecular weight excluding hydrogens is 210 g/mol. The number of nitrogens with zero attached hydrogens (tertiary/aromatic N) is 1. The number of hydrogen-bond acceptors (Lipinski definition) is 2. The summed E-state index contributed by atoms with van der Waals surface area (Å²) in [4.78, 5) is 2.60. The molecule has 0 saturated heterocycles. The smallest absolute Gasteiger partial charge is 0.0478 e. The Bertz CT molecular complexity index is 151. The molecule has 0 unspecified atom stereocenters. The van der Waals surface area contributed by atoms with Gasteiger partial charge in [0.2, 0.25) is 0 Å². The average molecular weight is 234 g/mol. The fourth-order valence-electron chi connectivity index (χ4n) is 2.01. The number of rotatable bonds is 9. The number of hydrogen-bond donors (Lipinski definition) is 0. The van der Waals surface area contributed by atoms with Crippen LogP contribution >= 0.6 is 11.6 Å². The molecule has 0 amide bonds.